The number of halogens is 1. The second-order valence-corrected chi connectivity index (χ2v) is 5.79. The molecule has 0 unspecified atom stereocenters. The van der Waals surface area contributed by atoms with Crippen molar-refractivity contribution in [3.8, 4) is 0 Å². The van der Waals surface area contributed by atoms with Crippen molar-refractivity contribution >= 4 is 17.4 Å². The van der Waals surface area contributed by atoms with Gasteiger partial charge in [0, 0.05) is 12.5 Å². The summed E-state index contributed by atoms with van der Waals surface area (Å²) in [4.78, 5) is 12.6. The number of ketones is 1. The number of hydrogen-bond acceptors (Lipinski definition) is 2. The molecule has 1 heterocycles. The van der Waals surface area contributed by atoms with Crippen LogP contribution in [0.15, 0.2) is 0 Å². The second-order valence-electron chi connectivity index (χ2n) is 5.41. The first kappa shape index (κ1) is 13.6. The Bertz CT molecular complexity index is 459. The Kier molecular flexibility index (Phi) is 3.81. The summed E-state index contributed by atoms with van der Waals surface area (Å²) in [6, 6.07) is 0. The van der Waals surface area contributed by atoms with Crippen molar-refractivity contribution in [3.05, 3.63) is 16.4 Å². The van der Waals surface area contributed by atoms with Crippen LogP contribution in [0.5, 0.6) is 0 Å². The monoisotopic (exact) mass is 268 g/mol. The smallest absolute Gasteiger partial charge is 0.144 e. The van der Waals surface area contributed by atoms with E-state index in [2.05, 4.69) is 12.0 Å². The molecule has 3 nitrogen and oxygen atoms in total. The maximum absolute atomic E-state index is 12.6. The van der Waals surface area contributed by atoms with Crippen LogP contribution in [0.25, 0.3) is 0 Å². The molecule has 1 aliphatic rings. The highest BCUT2D eigenvalue weighted by atomic mass is 35.5. The standard InChI is InChI=1S/C14H21ClN2O/c1-4-14(7-5-6-8-14)12(18)9-11-13(15)10(2)16-17(11)3/h4-9H2,1-3H3. The van der Waals surface area contributed by atoms with Gasteiger partial charge in [-0.2, -0.15) is 5.10 Å². The molecule has 0 atom stereocenters. The van der Waals surface area contributed by atoms with Crippen LogP contribution in [-0.2, 0) is 18.3 Å². The Morgan fingerprint density at radius 2 is 2.06 bits per heavy atom. The molecule has 0 bridgehead atoms. The minimum atomic E-state index is -0.0957. The van der Waals surface area contributed by atoms with Crippen molar-refractivity contribution < 1.29 is 4.79 Å². The van der Waals surface area contributed by atoms with Gasteiger partial charge < -0.3 is 0 Å². The predicted octanol–water partition coefficient (Wildman–Crippen LogP) is 3.46. The van der Waals surface area contributed by atoms with Crippen molar-refractivity contribution in [3.63, 3.8) is 0 Å². The Morgan fingerprint density at radius 3 is 2.50 bits per heavy atom. The van der Waals surface area contributed by atoms with Gasteiger partial charge in [-0.15, -0.1) is 0 Å². The molecule has 0 spiro atoms. The summed E-state index contributed by atoms with van der Waals surface area (Å²) < 4.78 is 1.74. The number of carbonyl (C=O) groups is 1. The van der Waals surface area contributed by atoms with Gasteiger partial charge in [-0.1, -0.05) is 31.4 Å². The Balaban J connectivity index is 2.21. The molecule has 1 fully saturated rings. The minimum absolute atomic E-state index is 0.0957. The van der Waals surface area contributed by atoms with Crippen molar-refractivity contribution in [2.45, 2.75) is 52.4 Å². The summed E-state index contributed by atoms with van der Waals surface area (Å²) in [5.74, 6) is 0.340. The zero-order chi connectivity index (χ0) is 13.3. The molecule has 0 amide bonds. The predicted molar refractivity (Wildman–Crippen MR) is 72.9 cm³/mol. The maximum atomic E-state index is 12.6. The number of aromatic nitrogens is 2. The first-order chi connectivity index (χ1) is 8.50. The van der Waals surface area contributed by atoms with Gasteiger partial charge in [0.05, 0.1) is 22.8 Å². The number of Topliss-reactive ketones (excluding diaryl/α,β-unsaturated/α-hetero) is 1. The summed E-state index contributed by atoms with van der Waals surface area (Å²) >= 11 is 6.22. The Labute approximate surface area is 114 Å². The van der Waals surface area contributed by atoms with Gasteiger partial charge in [-0.05, 0) is 26.2 Å². The molecule has 1 saturated carbocycles. The van der Waals surface area contributed by atoms with Crippen LogP contribution in [0.2, 0.25) is 5.02 Å². The molecule has 1 aromatic heterocycles. The van der Waals surface area contributed by atoms with Crippen LogP contribution in [0.4, 0.5) is 0 Å². The molecule has 0 radical (unpaired) electrons. The lowest BCUT2D eigenvalue weighted by Crippen LogP contribution is -2.29. The summed E-state index contributed by atoms with van der Waals surface area (Å²) in [5.41, 5.74) is 1.57. The van der Waals surface area contributed by atoms with Gasteiger partial charge >= 0.3 is 0 Å². The third-order valence-electron chi connectivity index (χ3n) is 4.42. The molecule has 2 rings (SSSR count). The fourth-order valence-electron chi connectivity index (χ4n) is 3.09. The van der Waals surface area contributed by atoms with Gasteiger partial charge in [0.25, 0.3) is 0 Å². The average molecular weight is 269 g/mol. The van der Waals surface area contributed by atoms with Crippen molar-refractivity contribution in [2.75, 3.05) is 0 Å². The van der Waals surface area contributed by atoms with E-state index in [1.54, 1.807) is 4.68 Å². The molecule has 18 heavy (non-hydrogen) atoms. The molecule has 0 aromatic carbocycles. The number of nitrogens with zero attached hydrogens (tertiary/aromatic N) is 2. The van der Waals surface area contributed by atoms with Crippen LogP contribution in [-0.4, -0.2) is 15.6 Å². The van der Waals surface area contributed by atoms with E-state index in [4.69, 9.17) is 11.6 Å². The molecule has 0 aliphatic heterocycles. The number of rotatable bonds is 4. The van der Waals surface area contributed by atoms with Crippen molar-refractivity contribution in [1.29, 1.82) is 0 Å². The third-order valence-corrected chi connectivity index (χ3v) is 4.91. The van der Waals surface area contributed by atoms with E-state index < -0.39 is 0 Å². The lowest BCUT2D eigenvalue weighted by atomic mass is 9.77. The molecule has 0 saturated heterocycles. The van der Waals surface area contributed by atoms with Crippen LogP contribution >= 0.6 is 11.6 Å². The quantitative estimate of drug-likeness (QED) is 0.838. The molecule has 1 aromatic rings. The van der Waals surface area contributed by atoms with E-state index in [1.807, 2.05) is 14.0 Å². The molecular weight excluding hydrogens is 248 g/mol. The van der Waals surface area contributed by atoms with Gasteiger partial charge in [-0.25, -0.2) is 0 Å². The first-order valence-corrected chi connectivity index (χ1v) is 7.09. The molecular formula is C14H21ClN2O. The largest absolute Gasteiger partial charge is 0.299 e. The van der Waals surface area contributed by atoms with Gasteiger partial charge in [0.1, 0.15) is 5.78 Å². The van der Waals surface area contributed by atoms with E-state index in [1.165, 1.54) is 12.8 Å². The summed E-state index contributed by atoms with van der Waals surface area (Å²) in [6.07, 6.45) is 5.80. The SMILES string of the molecule is CCC1(C(=O)Cc2c(Cl)c(C)nn2C)CCCC1. The zero-order valence-corrected chi connectivity index (χ0v) is 12.2. The lowest BCUT2D eigenvalue weighted by molar-refractivity contribution is -0.128. The van der Waals surface area contributed by atoms with E-state index in [9.17, 15) is 4.79 Å². The number of aryl methyl sites for hydroxylation is 2. The van der Waals surface area contributed by atoms with Crippen LogP contribution in [0, 0.1) is 12.3 Å². The third kappa shape index (κ3) is 2.20. The first-order valence-electron chi connectivity index (χ1n) is 6.71. The van der Waals surface area contributed by atoms with E-state index in [-0.39, 0.29) is 5.41 Å². The molecule has 4 heteroatoms. The summed E-state index contributed by atoms with van der Waals surface area (Å²) in [5, 5.41) is 4.92. The summed E-state index contributed by atoms with van der Waals surface area (Å²) in [7, 11) is 1.86. The fraction of sp³-hybridized carbons (Fsp3) is 0.714. The highest BCUT2D eigenvalue weighted by Gasteiger charge is 2.39. The zero-order valence-electron chi connectivity index (χ0n) is 11.4. The molecule has 1 aliphatic carbocycles. The average Bonchev–Trinajstić information content (AvgIpc) is 2.91. The van der Waals surface area contributed by atoms with E-state index in [0.717, 1.165) is 30.7 Å². The van der Waals surface area contributed by atoms with Gasteiger partial charge in [0.2, 0.25) is 0 Å². The van der Waals surface area contributed by atoms with Crippen LogP contribution in [0.3, 0.4) is 0 Å². The molecule has 0 N–H and O–H groups in total. The van der Waals surface area contributed by atoms with E-state index in [0.29, 0.717) is 17.2 Å². The summed E-state index contributed by atoms with van der Waals surface area (Å²) in [6.45, 7) is 4.00. The molecule has 100 valence electrons. The number of hydrogen-bond donors (Lipinski definition) is 0. The fourth-order valence-corrected chi connectivity index (χ4v) is 3.32. The van der Waals surface area contributed by atoms with Crippen LogP contribution < -0.4 is 0 Å². The minimum Gasteiger partial charge on any atom is -0.299 e. The highest BCUT2D eigenvalue weighted by molar-refractivity contribution is 6.32. The van der Waals surface area contributed by atoms with Gasteiger partial charge in [-0.3, -0.25) is 9.48 Å². The Hall–Kier alpha value is -0.830. The van der Waals surface area contributed by atoms with Crippen molar-refractivity contribution in [2.24, 2.45) is 12.5 Å². The van der Waals surface area contributed by atoms with Crippen molar-refractivity contribution in [1.82, 2.24) is 9.78 Å². The second kappa shape index (κ2) is 5.04. The highest BCUT2D eigenvalue weighted by Crippen LogP contribution is 2.42. The lowest BCUT2D eigenvalue weighted by Gasteiger charge is -2.25. The Morgan fingerprint density at radius 1 is 1.44 bits per heavy atom. The topological polar surface area (TPSA) is 34.9 Å². The normalized spacial score (nSPS) is 18.2. The number of carbonyl (C=O) groups excluding carboxylic acids is 1. The van der Waals surface area contributed by atoms with E-state index >= 15 is 0 Å². The van der Waals surface area contributed by atoms with Crippen LogP contribution in [0.1, 0.15) is 50.4 Å². The maximum Gasteiger partial charge on any atom is 0.144 e. The van der Waals surface area contributed by atoms with Gasteiger partial charge in [0.15, 0.2) is 0 Å².